The third kappa shape index (κ3) is 7.30. The van der Waals surface area contributed by atoms with Crippen LogP contribution in [0.1, 0.15) is 0 Å². The van der Waals surface area contributed by atoms with Crippen LogP contribution in [0.4, 0.5) is 17.1 Å². The van der Waals surface area contributed by atoms with E-state index in [2.05, 4.69) is 266 Å². The molecule has 0 saturated heterocycles. The van der Waals surface area contributed by atoms with Gasteiger partial charge in [0.1, 0.15) is 0 Å². The average molecular weight is 826 g/mol. The van der Waals surface area contributed by atoms with Crippen LogP contribution in [0, 0.1) is 0 Å². The second-order valence-corrected chi connectivity index (χ2v) is 17.0. The standard InChI is InChI=1S/C64H43N/c1-3-13-44(14-4-1)55-39-56(45-15-5-2-6-16-45)41-57(40-55)46-29-33-58(34-30-46)65(59-21-11-19-49(42-59)51-31-35-63-53(37-51)27-25-47-17-7-9-23-61(47)63)60-22-12-20-50(43-60)52-32-36-64-54(38-52)28-26-48-18-8-10-24-62(48)64/h1-43H. The minimum Gasteiger partial charge on any atom is -0.310 e. The van der Waals surface area contributed by atoms with Gasteiger partial charge in [-0.15, -0.1) is 0 Å². The predicted molar refractivity (Wildman–Crippen MR) is 278 cm³/mol. The first-order valence-electron chi connectivity index (χ1n) is 22.4. The Balaban J connectivity index is 0.971. The molecule has 12 aromatic carbocycles. The Morgan fingerprint density at radius 2 is 0.523 bits per heavy atom. The van der Waals surface area contributed by atoms with Gasteiger partial charge in [0, 0.05) is 17.1 Å². The Hall–Kier alpha value is -8.52. The molecule has 0 aromatic heterocycles. The van der Waals surface area contributed by atoms with E-state index in [0.29, 0.717) is 0 Å². The third-order valence-corrected chi connectivity index (χ3v) is 13.0. The molecule has 1 heteroatoms. The summed E-state index contributed by atoms with van der Waals surface area (Å²) < 4.78 is 0. The number of rotatable bonds is 8. The maximum atomic E-state index is 2.40. The fourth-order valence-electron chi connectivity index (χ4n) is 9.67. The molecule has 0 spiro atoms. The van der Waals surface area contributed by atoms with Crippen molar-refractivity contribution in [2.45, 2.75) is 0 Å². The molecule has 0 saturated carbocycles. The van der Waals surface area contributed by atoms with Gasteiger partial charge in [-0.05, 0) is 165 Å². The molecule has 12 aromatic rings. The first-order chi connectivity index (χ1) is 32.2. The van der Waals surface area contributed by atoms with E-state index >= 15 is 0 Å². The molecule has 0 atom stereocenters. The lowest BCUT2D eigenvalue weighted by Crippen LogP contribution is -2.10. The SMILES string of the molecule is c1ccc(-c2cc(-c3ccccc3)cc(-c3ccc(N(c4cccc(-c5ccc6c(ccc7ccccc76)c5)c4)c4cccc(-c5ccc6c(ccc7ccccc76)c5)c4)cc3)c2)cc1. The molecule has 0 aliphatic carbocycles. The van der Waals surface area contributed by atoms with Crippen molar-refractivity contribution < 1.29 is 0 Å². The zero-order valence-electron chi connectivity index (χ0n) is 35.8. The van der Waals surface area contributed by atoms with Crippen molar-refractivity contribution >= 4 is 60.2 Å². The molecule has 0 heterocycles. The zero-order chi connectivity index (χ0) is 43.1. The molecule has 0 amide bonds. The van der Waals surface area contributed by atoms with E-state index in [-0.39, 0.29) is 0 Å². The summed E-state index contributed by atoms with van der Waals surface area (Å²) in [6.07, 6.45) is 0. The average Bonchev–Trinajstić information content (AvgIpc) is 3.39. The second kappa shape index (κ2) is 16.3. The van der Waals surface area contributed by atoms with E-state index in [1.54, 1.807) is 0 Å². The molecule has 12 rings (SSSR count). The number of hydrogen-bond acceptors (Lipinski definition) is 1. The van der Waals surface area contributed by atoms with Gasteiger partial charge in [0.15, 0.2) is 0 Å². The van der Waals surface area contributed by atoms with E-state index in [0.717, 1.165) is 17.1 Å². The lowest BCUT2D eigenvalue weighted by molar-refractivity contribution is 1.28. The molecular weight excluding hydrogens is 783 g/mol. The van der Waals surface area contributed by atoms with Crippen molar-refractivity contribution in [2.24, 2.45) is 0 Å². The Morgan fingerprint density at radius 3 is 1.00 bits per heavy atom. The van der Waals surface area contributed by atoms with Crippen LogP contribution in [0.25, 0.3) is 98.7 Å². The fraction of sp³-hybridized carbons (Fsp3) is 0. The summed E-state index contributed by atoms with van der Waals surface area (Å²) >= 11 is 0. The predicted octanol–water partition coefficient (Wildman–Crippen LogP) is 18.1. The van der Waals surface area contributed by atoms with Crippen LogP contribution < -0.4 is 4.90 Å². The summed E-state index contributed by atoms with van der Waals surface area (Å²) in [6, 6.07) is 95.4. The third-order valence-electron chi connectivity index (χ3n) is 13.0. The van der Waals surface area contributed by atoms with Crippen LogP contribution in [-0.2, 0) is 0 Å². The molecule has 0 N–H and O–H groups in total. The number of fused-ring (bicyclic) bond motifs is 6. The van der Waals surface area contributed by atoms with Gasteiger partial charge in [-0.25, -0.2) is 0 Å². The summed E-state index contributed by atoms with van der Waals surface area (Å²) in [5.74, 6) is 0. The van der Waals surface area contributed by atoms with Crippen LogP contribution >= 0.6 is 0 Å². The highest BCUT2D eigenvalue weighted by Gasteiger charge is 2.17. The molecule has 0 aliphatic rings. The topological polar surface area (TPSA) is 3.24 Å². The smallest absolute Gasteiger partial charge is 0.0467 e. The van der Waals surface area contributed by atoms with Crippen molar-refractivity contribution in [2.75, 3.05) is 4.90 Å². The molecule has 0 aliphatic heterocycles. The van der Waals surface area contributed by atoms with Gasteiger partial charge in [0.05, 0.1) is 0 Å². The van der Waals surface area contributed by atoms with Gasteiger partial charge >= 0.3 is 0 Å². The van der Waals surface area contributed by atoms with E-state index in [1.165, 1.54) is 98.7 Å². The van der Waals surface area contributed by atoms with Crippen LogP contribution in [0.3, 0.4) is 0 Å². The number of benzene rings is 12. The van der Waals surface area contributed by atoms with Crippen molar-refractivity contribution in [1.29, 1.82) is 0 Å². The first-order valence-corrected chi connectivity index (χ1v) is 22.4. The quantitative estimate of drug-likeness (QED) is 0.138. The van der Waals surface area contributed by atoms with Crippen LogP contribution in [0.5, 0.6) is 0 Å². The van der Waals surface area contributed by atoms with Gasteiger partial charge < -0.3 is 4.90 Å². The van der Waals surface area contributed by atoms with E-state index in [4.69, 9.17) is 0 Å². The van der Waals surface area contributed by atoms with Crippen molar-refractivity contribution in [1.82, 2.24) is 0 Å². The first kappa shape index (κ1) is 38.2. The minimum absolute atomic E-state index is 1.08. The Bertz CT molecular complexity index is 3480. The van der Waals surface area contributed by atoms with Gasteiger partial charge in [-0.2, -0.15) is 0 Å². The Kier molecular flexibility index (Phi) is 9.58. The maximum absolute atomic E-state index is 2.40. The van der Waals surface area contributed by atoms with Gasteiger partial charge in [-0.3, -0.25) is 0 Å². The lowest BCUT2D eigenvalue weighted by Gasteiger charge is -2.27. The molecule has 65 heavy (non-hydrogen) atoms. The van der Waals surface area contributed by atoms with E-state index in [1.807, 2.05) is 0 Å². The molecule has 0 unspecified atom stereocenters. The molecule has 0 fully saturated rings. The highest BCUT2D eigenvalue weighted by Crippen LogP contribution is 2.41. The van der Waals surface area contributed by atoms with Gasteiger partial charge in [0.25, 0.3) is 0 Å². The lowest BCUT2D eigenvalue weighted by atomic mass is 9.93. The molecule has 0 bridgehead atoms. The number of anilines is 3. The molecule has 1 nitrogen and oxygen atoms in total. The molecular formula is C64H43N. The Labute approximate surface area is 379 Å². The highest BCUT2D eigenvalue weighted by molar-refractivity contribution is 6.09. The van der Waals surface area contributed by atoms with Crippen LogP contribution in [0.2, 0.25) is 0 Å². The molecule has 0 radical (unpaired) electrons. The van der Waals surface area contributed by atoms with Crippen LogP contribution in [0.15, 0.2) is 261 Å². The second-order valence-electron chi connectivity index (χ2n) is 17.0. The largest absolute Gasteiger partial charge is 0.310 e. The van der Waals surface area contributed by atoms with Crippen molar-refractivity contribution in [3.63, 3.8) is 0 Å². The Morgan fingerprint density at radius 1 is 0.169 bits per heavy atom. The normalized spacial score (nSPS) is 11.4. The summed E-state index contributed by atoms with van der Waals surface area (Å²) in [5, 5.41) is 10.1. The maximum Gasteiger partial charge on any atom is 0.0467 e. The fourth-order valence-corrected chi connectivity index (χ4v) is 9.67. The van der Waals surface area contributed by atoms with Gasteiger partial charge in [-0.1, -0.05) is 194 Å². The number of hydrogen-bond donors (Lipinski definition) is 0. The monoisotopic (exact) mass is 825 g/mol. The van der Waals surface area contributed by atoms with Crippen molar-refractivity contribution in [3.8, 4) is 55.6 Å². The summed E-state index contributed by atoms with van der Waals surface area (Å²) in [4.78, 5) is 2.40. The van der Waals surface area contributed by atoms with Crippen LogP contribution in [-0.4, -0.2) is 0 Å². The van der Waals surface area contributed by atoms with Crippen molar-refractivity contribution in [3.05, 3.63) is 261 Å². The zero-order valence-corrected chi connectivity index (χ0v) is 35.8. The minimum atomic E-state index is 1.08. The highest BCUT2D eigenvalue weighted by atomic mass is 15.1. The molecule has 304 valence electrons. The van der Waals surface area contributed by atoms with E-state index in [9.17, 15) is 0 Å². The summed E-state index contributed by atoms with van der Waals surface area (Å²) in [5.41, 5.74) is 15.1. The number of nitrogens with zero attached hydrogens (tertiary/aromatic N) is 1. The van der Waals surface area contributed by atoms with E-state index < -0.39 is 0 Å². The summed E-state index contributed by atoms with van der Waals surface area (Å²) in [6.45, 7) is 0. The summed E-state index contributed by atoms with van der Waals surface area (Å²) in [7, 11) is 0. The van der Waals surface area contributed by atoms with Gasteiger partial charge in [0.2, 0.25) is 0 Å².